The molecule has 2 aromatic carbocycles. The molecular weight excluding hydrogens is 819 g/mol. The molecule has 4 aromatic heterocycles. The molecule has 1 amide bonds. The van der Waals surface area contributed by atoms with Crippen molar-refractivity contribution in [3.05, 3.63) is 87.1 Å². The zero-order valence-electron chi connectivity index (χ0n) is 30.9. The van der Waals surface area contributed by atoms with Crippen molar-refractivity contribution >= 4 is 55.4 Å². The van der Waals surface area contributed by atoms with Gasteiger partial charge in [0.1, 0.15) is 29.7 Å². The van der Waals surface area contributed by atoms with E-state index in [2.05, 4.69) is 30.2 Å². The molecule has 2 aliphatic carbocycles. The van der Waals surface area contributed by atoms with Crippen LogP contribution in [0.15, 0.2) is 36.4 Å². The molecule has 0 radical (unpaired) electrons. The molecule has 12 nitrogen and oxygen atoms in total. The van der Waals surface area contributed by atoms with Crippen LogP contribution in [0, 0.1) is 17.6 Å². The fourth-order valence-electron chi connectivity index (χ4n) is 7.77. The van der Waals surface area contributed by atoms with Crippen LogP contribution in [-0.2, 0) is 46.9 Å². The normalized spacial score (nSPS) is 18.6. The van der Waals surface area contributed by atoms with Gasteiger partial charge in [-0.25, -0.2) is 27.2 Å². The van der Waals surface area contributed by atoms with Crippen LogP contribution in [0.3, 0.4) is 0 Å². The zero-order chi connectivity index (χ0) is 41.8. The van der Waals surface area contributed by atoms with Crippen molar-refractivity contribution in [1.29, 1.82) is 0 Å². The number of imidazole rings is 1. The lowest BCUT2D eigenvalue weighted by molar-refractivity contribution is -0.143. The van der Waals surface area contributed by atoms with Gasteiger partial charge >= 0.3 is 6.18 Å². The number of carbonyl (C=O) groups excluding carboxylic acids is 1. The van der Waals surface area contributed by atoms with Gasteiger partial charge in [-0.2, -0.15) is 32.1 Å². The number of aromatic nitrogens is 7. The molecule has 0 saturated heterocycles. The number of halogens is 8. The lowest BCUT2D eigenvalue weighted by Gasteiger charge is -2.23. The summed E-state index contributed by atoms with van der Waals surface area (Å²) in [6.45, 7) is 1.27. The van der Waals surface area contributed by atoms with E-state index in [0.717, 1.165) is 38.2 Å². The number of nitrogens with one attached hydrogen (secondary N) is 3. The van der Waals surface area contributed by atoms with E-state index in [1.165, 1.54) is 24.7 Å². The second-order valence-electron chi connectivity index (χ2n) is 14.9. The number of nitrogens with zero attached hydrogens (tertiary/aromatic N) is 6. The standard InChI is InChI=1S/C37H33ClF7N9O3S/c1-15-16(2)36(41,42)32-27(15)31(37(43,44)45)50-54(32)14-26(55)46-24(11-17-9-19(39)12-20(40)10-17)29-22(13-25-34(48-29)49-33(47-25)18-5-6-18)21-7-8-23(38)28-30(21)53(3)51-35(28)52-58(4,56)57/h7-10,12-13,15-16,18,24H,5-6,11,14H2,1-4H3,(H,46,55)(H,51,52)(H,47,48,49)/t15-,16+,24-/m0/s1. The molecule has 58 heavy (non-hydrogen) atoms. The van der Waals surface area contributed by atoms with E-state index >= 15 is 8.78 Å². The van der Waals surface area contributed by atoms with Gasteiger partial charge in [0, 0.05) is 41.6 Å². The quantitative estimate of drug-likeness (QED) is 0.119. The van der Waals surface area contributed by atoms with Gasteiger partial charge in [-0.3, -0.25) is 18.9 Å². The Bertz CT molecular complexity index is 2760. The number of sulfonamides is 1. The Morgan fingerprint density at radius 1 is 1.05 bits per heavy atom. The van der Waals surface area contributed by atoms with E-state index in [-0.39, 0.29) is 51.0 Å². The first-order valence-electron chi connectivity index (χ1n) is 17.9. The molecule has 3 N–H and O–H groups in total. The van der Waals surface area contributed by atoms with E-state index in [0.29, 0.717) is 33.2 Å². The molecule has 1 saturated carbocycles. The third-order valence-electron chi connectivity index (χ3n) is 10.7. The van der Waals surface area contributed by atoms with E-state index < -0.39 is 81.0 Å². The van der Waals surface area contributed by atoms with Crippen LogP contribution in [0.1, 0.15) is 78.6 Å². The molecule has 0 unspecified atom stereocenters. The number of H-pyrrole nitrogens is 1. The Morgan fingerprint density at radius 2 is 1.74 bits per heavy atom. The van der Waals surface area contributed by atoms with Crippen LogP contribution in [0.25, 0.3) is 33.2 Å². The maximum Gasteiger partial charge on any atom is 0.435 e. The monoisotopic (exact) mass is 851 g/mol. The third kappa shape index (κ3) is 7.02. The fourth-order valence-corrected chi connectivity index (χ4v) is 8.50. The number of hydrogen-bond acceptors (Lipinski definition) is 7. The van der Waals surface area contributed by atoms with E-state index in [1.54, 1.807) is 12.1 Å². The molecule has 0 spiro atoms. The number of hydrogen-bond donors (Lipinski definition) is 3. The number of aryl methyl sites for hydroxylation is 1. The minimum Gasteiger partial charge on any atom is -0.346 e. The van der Waals surface area contributed by atoms with Gasteiger partial charge in [0.2, 0.25) is 15.9 Å². The maximum atomic E-state index is 15.6. The molecule has 0 bridgehead atoms. The highest BCUT2D eigenvalue weighted by atomic mass is 35.5. The third-order valence-corrected chi connectivity index (χ3v) is 11.5. The number of carbonyl (C=O) groups is 1. The Kier molecular flexibility index (Phi) is 9.33. The molecule has 0 aliphatic heterocycles. The minimum atomic E-state index is -5.10. The lowest BCUT2D eigenvalue weighted by Crippen LogP contribution is -2.35. The summed E-state index contributed by atoms with van der Waals surface area (Å²) in [6, 6.07) is 6.08. The van der Waals surface area contributed by atoms with Crippen molar-refractivity contribution in [3.63, 3.8) is 0 Å². The number of benzene rings is 2. The zero-order valence-corrected chi connectivity index (χ0v) is 32.5. The number of aromatic amines is 1. The Hall–Kier alpha value is -5.24. The van der Waals surface area contributed by atoms with Crippen molar-refractivity contribution < 1.29 is 43.9 Å². The average molecular weight is 852 g/mol. The predicted molar refractivity (Wildman–Crippen MR) is 199 cm³/mol. The first-order valence-corrected chi connectivity index (χ1v) is 20.2. The lowest BCUT2D eigenvalue weighted by atomic mass is 9.94. The van der Waals surface area contributed by atoms with Gasteiger partial charge in [0.05, 0.1) is 39.4 Å². The number of fused-ring (bicyclic) bond motifs is 3. The van der Waals surface area contributed by atoms with E-state index in [9.17, 15) is 35.2 Å². The van der Waals surface area contributed by atoms with Crippen LogP contribution in [-0.4, -0.2) is 55.1 Å². The molecule has 8 rings (SSSR count). The van der Waals surface area contributed by atoms with Crippen LogP contribution in [0.4, 0.5) is 36.6 Å². The summed E-state index contributed by atoms with van der Waals surface area (Å²) in [7, 11) is -2.31. The molecular formula is C37H33ClF7N9O3S. The summed E-state index contributed by atoms with van der Waals surface area (Å²) in [6.07, 6.45) is -2.78. The molecule has 306 valence electrons. The second-order valence-corrected chi connectivity index (χ2v) is 17.1. The van der Waals surface area contributed by atoms with Crippen LogP contribution < -0.4 is 10.0 Å². The number of anilines is 1. The van der Waals surface area contributed by atoms with Crippen molar-refractivity contribution in [3.8, 4) is 11.1 Å². The summed E-state index contributed by atoms with van der Waals surface area (Å²) in [5.74, 6) is -8.81. The Morgan fingerprint density at radius 3 is 2.38 bits per heavy atom. The van der Waals surface area contributed by atoms with Gasteiger partial charge in [0.15, 0.2) is 17.2 Å². The number of rotatable bonds is 10. The highest BCUT2D eigenvalue weighted by molar-refractivity contribution is 7.92. The van der Waals surface area contributed by atoms with Crippen molar-refractivity contribution in [2.45, 2.75) is 69.6 Å². The van der Waals surface area contributed by atoms with Crippen molar-refractivity contribution in [2.75, 3.05) is 11.0 Å². The molecule has 2 aliphatic rings. The van der Waals surface area contributed by atoms with Gasteiger partial charge < -0.3 is 10.3 Å². The Labute approximate surface area is 330 Å². The van der Waals surface area contributed by atoms with Gasteiger partial charge in [-0.15, -0.1) is 0 Å². The smallest absolute Gasteiger partial charge is 0.346 e. The summed E-state index contributed by atoms with van der Waals surface area (Å²) in [4.78, 5) is 26.8. The molecule has 4 heterocycles. The fraction of sp³-hybridized carbons (Fsp3) is 0.378. The average Bonchev–Trinajstić information content (AvgIpc) is 3.56. The topological polar surface area (TPSA) is 152 Å². The molecule has 3 atom stereocenters. The van der Waals surface area contributed by atoms with Gasteiger partial charge in [0.25, 0.3) is 5.92 Å². The van der Waals surface area contributed by atoms with Gasteiger partial charge in [-0.05, 0) is 55.0 Å². The van der Waals surface area contributed by atoms with Crippen LogP contribution in [0.2, 0.25) is 5.02 Å². The number of pyridine rings is 1. The Balaban J connectivity index is 1.30. The largest absolute Gasteiger partial charge is 0.435 e. The highest BCUT2D eigenvalue weighted by Gasteiger charge is 2.57. The number of alkyl halides is 5. The van der Waals surface area contributed by atoms with Crippen LogP contribution >= 0.6 is 11.6 Å². The van der Waals surface area contributed by atoms with E-state index in [4.69, 9.17) is 16.6 Å². The summed E-state index contributed by atoms with van der Waals surface area (Å²) < 4.78 is 132. The van der Waals surface area contributed by atoms with Crippen molar-refractivity contribution in [1.82, 2.24) is 39.8 Å². The van der Waals surface area contributed by atoms with Crippen molar-refractivity contribution in [2.24, 2.45) is 13.0 Å². The highest BCUT2D eigenvalue weighted by Crippen LogP contribution is 2.55. The minimum absolute atomic E-state index is 0.0336. The summed E-state index contributed by atoms with van der Waals surface area (Å²) >= 11 is 6.62. The maximum absolute atomic E-state index is 15.6. The second kappa shape index (κ2) is 13.7. The summed E-state index contributed by atoms with van der Waals surface area (Å²) in [5.41, 5.74) is -1.56. The first-order chi connectivity index (χ1) is 27.1. The van der Waals surface area contributed by atoms with Crippen LogP contribution in [0.5, 0.6) is 0 Å². The van der Waals surface area contributed by atoms with E-state index in [1.807, 2.05) is 0 Å². The van der Waals surface area contributed by atoms with Gasteiger partial charge in [-0.1, -0.05) is 31.5 Å². The summed E-state index contributed by atoms with van der Waals surface area (Å²) in [5, 5.41) is 10.8. The first kappa shape index (κ1) is 39.6. The number of amides is 1. The molecule has 21 heteroatoms. The molecule has 1 fully saturated rings. The predicted octanol–water partition coefficient (Wildman–Crippen LogP) is 7.85. The molecule has 6 aromatic rings. The SMILES string of the molecule is C[C@@H]1c2c(C(F)(F)F)nn(CC(=O)N[C@@H](Cc3cc(F)cc(F)c3)c3nc4nc(C5CC5)[nH]c4cc3-c3ccc(Cl)c4c(NS(C)(=O)=O)nn(C)c34)c2C(F)(F)[C@@H]1C.